The van der Waals surface area contributed by atoms with Gasteiger partial charge in [-0.2, -0.15) is 0 Å². The van der Waals surface area contributed by atoms with Crippen molar-refractivity contribution in [2.45, 2.75) is 45.2 Å². The second-order valence-electron chi connectivity index (χ2n) is 5.71. The second kappa shape index (κ2) is 5.80. The first-order chi connectivity index (χ1) is 9.02. The van der Waals surface area contributed by atoms with Gasteiger partial charge in [0.25, 0.3) is 0 Å². The summed E-state index contributed by atoms with van der Waals surface area (Å²) in [6.07, 6.45) is 1.77. The summed E-state index contributed by atoms with van der Waals surface area (Å²) in [4.78, 5) is 0. The van der Waals surface area contributed by atoms with Gasteiger partial charge >= 0.3 is 0 Å². The first-order valence-corrected chi connectivity index (χ1v) is 6.79. The van der Waals surface area contributed by atoms with Gasteiger partial charge in [-0.1, -0.05) is 19.9 Å². The van der Waals surface area contributed by atoms with Gasteiger partial charge in [0.05, 0.1) is 6.61 Å². The Balaban J connectivity index is 1.97. The number of benzene rings is 1. The van der Waals surface area contributed by atoms with E-state index in [-0.39, 0.29) is 12.1 Å². The molecular weight excluding hydrogens is 242 g/mol. The van der Waals surface area contributed by atoms with Crippen LogP contribution in [0.25, 0.3) is 0 Å². The molecule has 0 saturated carbocycles. The minimum absolute atomic E-state index is 0.135. The molecule has 4 heteroatoms. The molecule has 1 aliphatic rings. The molecular formula is C15H23NO3. The number of nitrogens with one attached hydrogen (secondary N) is 1. The SMILES string of the molecule is CC(C)NC(C)(CO)CCc1ccc2c(c1)OCO2. The van der Waals surface area contributed by atoms with Gasteiger partial charge in [0, 0.05) is 11.6 Å². The van der Waals surface area contributed by atoms with Gasteiger partial charge in [0.2, 0.25) is 6.79 Å². The van der Waals surface area contributed by atoms with E-state index in [1.165, 1.54) is 5.56 Å². The topological polar surface area (TPSA) is 50.7 Å². The fourth-order valence-corrected chi connectivity index (χ4v) is 2.41. The lowest BCUT2D eigenvalue weighted by molar-refractivity contribution is 0.157. The summed E-state index contributed by atoms with van der Waals surface area (Å²) in [6, 6.07) is 6.38. The van der Waals surface area contributed by atoms with Crippen molar-refractivity contribution in [2.75, 3.05) is 13.4 Å². The van der Waals surface area contributed by atoms with E-state index >= 15 is 0 Å². The van der Waals surface area contributed by atoms with Crippen molar-refractivity contribution in [1.82, 2.24) is 5.32 Å². The van der Waals surface area contributed by atoms with Crippen LogP contribution in [0.5, 0.6) is 11.5 Å². The molecule has 4 nitrogen and oxygen atoms in total. The monoisotopic (exact) mass is 265 g/mol. The molecule has 0 aromatic heterocycles. The quantitative estimate of drug-likeness (QED) is 0.827. The number of ether oxygens (including phenoxy) is 2. The predicted molar refractivity (Wildman–Crippen MR) is 74.6 cm³/mol. The van der Waals surface area contributed by atoms with Gasteiger partial charge in [0.1, 0.15) is 0 Å². The Morgan fingerprint density at radius 3 is 2.74 bits per heavy atom. The van der Waals surface area contributed by atoms with E-state index in [9.17, 15) is 5.11 Å². The van der Waals surface area contributed by atoms with Crippen molar-refractivity contribution in [1.29, 1.82) is 0 Å². The third-order valence-electron chi connectivity index (χ3n) is 3.39. The maximum Gasteiger partial charge on any atom is 0.231 e. The molecule has 0 fully saturated rings. The Hall–Kier alpha value is -1.26. The number of hydrogen-bond acceptors (Lipinski definition) is 4. The van der Waals surface area contributed by atoms with E-state index in [0.717, 1.165) is 24.3 Å². The molecule has 0 spiro atoms. The lowest BCUT2D eigenvalue weighted by Crippen LogP contribution is -2.49. The first-order valence-electron chi connectivity index (χ1n) is 6.79. The summed E-state index contributed by atoms with van der Waals surface area (Å²) in [5.74, 6) is 1.63. The Kier molecular flexibility index (Phi) is 4.32. The van der Waals surface area contributed by atoms with Crippen molar-refractivity contribution in [3.8, 4) is 11.5 Å². The molecule has 2 N–H and O–H groups in total. The van der Waals surface area contributed by atoms with Crippen LogP contribution in [0.1, 0.15) is 32.8 Å². The summed E-state index contributed by atoms with van der Waals surface area (Å²) < 4.78 is 10.7. The summed E-state index contributed by atoms with van der Waals surface area (Å²) in [6.45, 7) is 6.68. The van der Waals surface area contributed by atoms with Gasteiger partial charge in [-0.3, -0.25) is 0 Å². The molecule has 1 atom stereocenters. The summed E-state index contributed by atoms with van der Waals surface area (Å²) in [5, 5.41) is 13.0. The van der Waals surface area contributed by atoms with Crippen LogP contribution in [-0.2, 0) is 6.42 Å². The number of aliphatic hydroxyl groups is 1. The summed E-state index contributed by atoms with van der Waals surface area (Å²) >= 11 is 0. The van der Waals surface area contributed by atoms with Gasteiger partial charge in [-0.05, 0) is 37.5 Å². The van der Waals surface area contributed by atoms with E-state index < -0.39 is 0 Å². The maximum absolute atomic E-state index is 9.56. The number of fused-ring (bicyclic) bond motifs is 1. The van der Waals surface area contributed by atoms with Crippen LogP contribution in [0, 0.1) is 0 Å². The van der Waals surface area contributed by atoms with Gasteiger partial charge in [-0.15, -0.1) is 0 Å². The summed E-state index contributed by atoms with van der Waals surface area (Å²) in [7, 11) is 0. The zero-order valence-electron chi connectivity index (χ0n) is 11.9. The van der Waals surface area contributed by atoms with E-state index in [2.05, 4.69) is 32.2 Å². The zero-order valence-corrected chi connectivity index (χ0v) is 11.9. The molecule has 0 amide bonds. The van der Waals surface area contributed by atoms with Crippen molar-refractivity contribution in [2.24, 2.45) is 0 Å². The van der Waals surface area contributed by atoms with Gasteiger partial charge in [-0.25, -0.2) is 0 Å². The van der Waals surface area contributed by atoms with Crippen LogP contribution in [0.2, 0.25) is 0 Å². The molecule has 1 unspecified atom stereocenters. The van der Waals surface area contributed by atoms with Crippen LogP contribution >= 0.6 is 0 Å². The molecule has 1 aromatic carbocycles. The standard InChI is InChI=1S/C15H23NO3/c1-11(2)16-15(3,9-17)7-6-12-4-5-13-14(8-12)19-10-18-13/h4-5,8,11,16-17H,6-7,9-10H2,1-3H3. The van der Waals surface area contributed by atoms with E-state index in [0.29, 0.717) is 12.8 Å². The van der Waals surface area contributed by atoms with Crippen LogP contribution in [0.4, 0.5) is 0 Å². The van der Waals surface area contributed by atoms with Crippen molar-refractivity contribution in [3.63, 3.8) is 0 Å². The van der Waals surface area contributed by atoms with Crippen LogP contribution in [0.3, 0.4) is 0 Å². The van der Waals surface area contributed by atoms with Gasteiger partial charge < -0.3 is 19.9 Å². The van der Waals surface area contributed by atoms with Crippen LogP contribution in [0.15, 0.2) is 18.2 Å². The van der Waals surface area contributed by atoms with Crippen molar-refractivity contribution in [3.05, 3.63) is 23.8 Å². The minimum Gasteiger partial charge on any atom is -0.454 e. The lowest BCUT2D eigenvalue weighted by atomic mass is 9.93. The molecule has 1 aromatic rings. The average Bonchev–Trinajstić information content (AvgIpc) is 2.83. The van der Waals surface area contributed by atoms with Gasteiger partial charge in [0.15, 0.2) is 11.5 Å². The average molecular weight is 265 g/mol. The molecule has 1 heterocycles. The normalized spacial score (nSPS) is 16.7. The third kappa shape index (κ3) is 3.61. The molecule has 106 valence electrons. The number of aliphatic hydroxyl groups excluding tert-OH is 1. The van der Waals surface area contributed by atoms with E-state index in [1.54, 1.807) is 0 Å². The molecule has 0 bridgehead atoms. The first kappa shape index (κ1) is 14.2. The van der Waals surface area contributed by atoms with E-state index in [1.807, 2.05) is 12.1 Å². The lowest BCUT2D eigenvalue weighted by Gasteiger charge is -2.31. The zero-order chi connectivity index (χ0) is 13.9. The number of hydrogen-bond donors (Lipinski definition) is 2. The fourth-order valence-electron chi connectivity index (χ4n) is 2.41. The Bertz CT molecular complexity index is 433. The maximum atomic E-state index is 9.56. The van der Waals surface area contributed by atoms with Crippen molar-refractivity contribution >= 4 is 0 Å². The highest BCUT2D eigenvalue weighted by Crippen LogP contribution is 2.33. The highest BCUT2D eigenvalue weighted by atomic mass is 16.7. The Morgan fingerprint density at radius 2 is 2.05 bits per heavy atom. The number of aryl methyl sites for hydroxylation is 1. The predicted octanol–water partition coefficient (Wildman–Crippen LogP) is 2.10. The second-order valence-corrected chi connectivity index (χ2v) is 5.71. The molecule has 2 rings (SSSR count). The summed E-state index contributed by atoms with van der Waals surface area (Å²) in [5.41, 5.74) is 0.958. The Morgan fingerprint density at radius 1 is 1.32 bits per heavy atom. The highest BCUT2D eigenvalue weighted by molar-refractivity contribution is 5.44. The molecule has 0 aliphatic carbocycles. The fraction of sp³-hybridized carbons (Fsp3) is 0.600. The largest absolute Gasteiger partial charge is 0.454 e. The molecule has 0 saturated heterocycles. The number of rotatable bonds is 6. The molecule has 1 aliphatic heterocycles. The smallest absolute Gasteiger partial charge is 0.231 e. The van der Waals surface area contributed by atoms with Crippen molar-refractivity contribution < 1.29 is 14.6 Å². The van der Waals surface area contributed by atoms with E-state index in [4.69, 9.17) is 9.47 Å². The Labute approximate surface area is 114 Å². The molecule has 19 heavy (non-hydrogen) atoms. The van der Waals surface area contributed by atoms with Crippen LogP contribution in [-0.4, -0.2) is 30.1 Å². The molecule has 0 radical (unpaired) electrons. The van der Waals surface area contributed by atoms with Crippen LogP contribution < -0.4 is 14.8 Å². The highest BCUT2D eigenvalue weighted by Gasteiger charge is 2.24. The minimum atomic E-state index is -0.245. The third-order valence-corrected chi connectivity index (χ3v) is 3.39.